The second-order valence-corrected chi connectivity index (χ2v) is 7.38. The van der Waals surface area contributed by atoms with Crippen molar-refractivity contribution in [2.45, 2.75) is 33.2 Å². The van der Waals surface area contributed by atoms with Crippen LogP contribution in [0.2, 0.25) is 0 Å². The minimum atomic E-state index is 0.787. The normalized spacial score (nSPS) is 11.5. The molecule has 0 aliphatic rings. The van der Waals surface area contributed by atoms with E-state index in [0.29, 0.717) is 0 Å². The highest BCUT2D eigenvalue weighted by Crippen LogP contribution is 2.09. The Bertz CT molecular complexity index is 907. The molecule has 2 aromatic carbocycles. The van der Waals surface area contributed by atoms with Gasteiger partial charge in [0.1, 0.15) is 5.82 Å². The summed E-state index contributed by atoms with van der Waals surface area (Å²) in [7, 11) is 1.81. The van der Waals surface area contributed by atoms with Crippen LogP contribution in [0.4, 0.5) is 0 Å². The van der Waals surface area contributed by atoms with Crippen LogP contribution in [0.1, 0.15) is 28.1 Å². The first-order valence-electron chi connectivity index (χ1n) is 10.2. The van der Waals surface area contributed by atoms with Crippen LogP contribution in [0.25, 0.3) is 0 Å². The second-order valence-electron chi connectivity index (χ2n) is 7.38. The standard InChI is InChI=1S/C24H31N5/c1-19-15-20(2)17-22(16-19)9-11-27-24(25-3)28-12-10-23-26-13-14-29(23)18-21-7-5-4-6-8-21/h4-8,13-17H,9-12,18H2,1-3H3,(H2,25,27,28). The van der Waals surface area contributed by atoms with Gasteiger partial charge in [-0.1, -0.05) is 59.7 Å². The lowest BCUT2D eigenvalue weighted by atomic mass is 10.1. The summed E-state index contributed by atoms with van der Waals surface area (Å²) >= 11 is 0. The molecule has 0 unspecified atom stereocenters. The van der Waals surface area contributed by atoms with Gasteiger partial charge in [-0.15, -0.1) is 0 Å². The van der Waals surface area contributed by atoms with Gasteiger partial charge in [0.2, 0.25) is 0 Å². The van der Waals surface area contributed by atoms with Crippen LogP contribution in [-0.4, -0.2) is 35.6 Å². The molecular weight excluding hydrogens is 358 g/mol. The van der Waals surface area contributed by atoms with Crippen LogP contribution >= 0.6 is 0 Å². The van der Waals surface area contributed by atoms with Gasteiger partial charge in [0.25, 0.3) is 0 Å². The van der Waals surface area contributed by atoms with Crippen molar-refractivity contribution in [1.82, 2.24) is 20.2 Å². The average Bonchev–Trinajstić information content (AvgIpc) is 3.13. The number of nitrogens with one attached hydrogen (secondary N) is 2. The molecule has 0 aliphatic heterocycles. The Morgan fingerprint density at radius 1 is 0.931 bits per heavy atom. The summed E-state index contributed by atoms with van der Waals surface area (Å²) in [6.45, 7) is 6.78. The van der Waals surface area contributed by atoms with E-state index in [0.717, 1.165) is 44.3 Å². The van der Waals surface area contributed by atoms with Crippen molar-refractivity contribution in [3.05, 3.63) is 89.0 Å². The molecule has 0 atom stereocenters. The molecule has 1 heterocycles. The van der Waals surface area contributed by atoms with E-state index in [1.165, 1.54) is 22.3 Å². The fraction of sp³-hybridized carbons (Fsp3) is 0.333. The molecule has 0 aliphatic carbocycles. The van der Waals surface area contributed by atoms with Gasteiger partial charge in [-0.2, -0.15) is 0 Å². The first kappa shape index (κ1) is 20.6. The Morgan fingerprint density at radius 3 is 2.31 bits per heavy atom. The molecule has 152 valence electrons. The van der Waals surface area contributed by atoms with Crippen LogP contribution in [0.3, 0.4) is 0 Å². The number of nitrogens with zero attached hydrogens (tertiary/aromatic N) is 3. The Kier molecular flexibility index (Phi) is 7.45. The topological polar surface area (TPSA) is 54.2 Å². The fourth-order valence-electron chi connectivity index (χ4n) is 3.54. The van der Waals surface area contributed by atoms with Gasteiger partial charge < -0.3 is 15.2 Å². The van der Waals surface area contributed by atoms with E-state index >= 15 is 0 Å². The molecule has 0 saturated carbocycles. The van der Waals surface area contributed by atoms with E-state index in [-0.39, 0.29) is 0 Å². The summed E-state index contributed by atoms with van der Waals surface area (Å²) in [5.41, 5.74) is 5.26. The van der Waals surface area contributed by atoms with Crippen LogP contribution in [-0.2, 0) is 19.4 Å². The number of aliphatic imine (C=N–C) groups is 1. The first-order valence-corrected chi connectivity index (χ1v) is 10.2. The van der Waals surface area contributed by atoms with Crippen LogP contribution in [0.15, 0.2) is 65.9 Å². The maximum Gasteiger partial charge on any atom is 0.191 e. The molecule has 0 radical (unpaired) electrons. The smallest absolute Gasteiger partial charge is 0.191 e. The van der Waals surface area contributed by atoms with E-state index in [1.807, 2.05) is 25.5 Å². The Morgan fingerprint density at radius 2 is 1.62 bits per heavy atom. The first-order chi connectivity index (χ1) is 14.1. The Labute approximate surface area is 173 Å². The SMILES string of the molecule is CN=C(NCCc1cc(C)cc(C)c1)NCCc1nccn1Cc1ccccc1. The minimum absolute atomic E-state index is 0.787. The van der Waals surface area contributed by atoms with Crippen molar-refractivity contribution in [2.24, 2.45) is 4.99 Å². The quantitative estimate of drug-likeness (QED) is 0.458. The fourth-order valence-corrected chi connectivity index (χ4v) is 3.54. The van der Waals surface area contributed by atoms with E-state index < -0.39 is 0 Å². The summed E-state index contributed by atoms with van der Waals surface area (Å²) in [5, 5.41) is 6.80. The predicted molar refractivity (Wildman–Crippen MR) is 120 cm³/mol. The minimum Gasteiger partial charge on any atom is -0.356 e. The zero-order chi connectivity index (χ0) is 20.5. The number of aryl methyl sites for hydroxylation is 2. The monoisotopic (exact) mass is 389 g/mol. The zero-order valence-electron chi connectivity index (χ0n) is 17.7. The highest BCUT2D eigenvalue weighted by atomic mass is 15.2. The molecule has 0 saturated heterocycles. The van der Waals surface area contributed by atoms with E-state index in [4.69, 9.17) is 0 Å². The van der Waals surface area contributed by atoms with Crippen molar-refractivity contribution in [1.29, 1.82) is 0 Å². The van der Waals surface area contributed by atoms with Crippen molar-refractivity contribution in [3.63, 3.8) is 0 Å². The lowest BCUT2D eigenvalue weighted by molar-refractivity contribution is 0.693. The zero-order valence-corrected chi connectivity index (χ0v) is 17.7. The van der Waals surface area contributed by atoms with Crippen molar-refractivity contribution in [3.8, 4) is 0 Å². The number of hydrogen-bond acceptors (Lipinski definition) is 2. The molecule has 1 aromatic heterocycles. The van der Waals surface area contributed by atoms with Gasteiger partial charge in [0.05, 0.1) is 0 Å². The van der Waals surface area contributed by atoms with Crippen LogP contribution in [0.5, 0.6) is 0 Å². The largest absolute Gasteiger partial charge is 0.356 e. The summed E-state index contributed by atoms with van der Waals surface area (Å²) < 4.78 is 2.20. The molecule has 5 heteroatoms. The van der Waals surface area contributed by atoms with E-state index in [2.05, 4.69) is 81.5 Å². The predicted octanol–water partition coefficient (Wildman–Crippen LogP) is 3.50. The van der Waals surface area contributed by atoms with Crippen molar-refractivity contribution in [2.75, 3.05) is 20.1 Å². The molecular formula is C24H31N5. The lowest BCUT2D eigenvalue weighted by Crippen LogP contribution is -2.39. The summed E-state index contributed by atoms with van der Waals surface area (Å²) in [6.07, 6.45) is 5.73. The number of guanidine groups is 1. The maximum absolute atomic E-state index is 4.52. The molecule has 0 bridgehead atoms. The highest BCUT2D eigenvalue weighted by Gasteiger charge is 2.05. The molecule has 3 rings (SSSR count). The van der Waals surface area contributed by atoms with Crippen molar-refractivity contribution < 1.29 is 0 Å². The van der Waals surface area contributed by atoms with E-state index in [1.54, 1.807) is 0 Å². The molecule has 3 aromatic rings. The lowest BCUT2D eigenvalue weighted by Gasteiger charge is -2.13. The highest BCUT2D eigenvalue weighted by molar-refractivity contribution is 5.79. The van der Waals surface area contributed by atoms with Crippen molar-refractivity contribution >= 4 is 5.96 Å². The average molecular weight is 390 g/mol. The molecule has 2 N–H and O–H groups in total. The number of hydrogen-bond donors (Lipinski definition) is 2. The van der Waals surface area contributed by atoms with Gasteiger partial charge in [0, 0.05) is 45.5 Å². The molecule has 0 fully saturated rings. The molecule has 5 nitrogen and oxygen atoms in total. The third kappa shape index (κ3) is 6.49. The molecule has 0 spiro atoms. The summed E-state index contributed by atoms with van der Waals surface area (Å²) in [6, 6.07) is 17.2. The Hall–Kier alpha value is -3.08. The number of rotatable bonds is 8. The summed E-state index contributed by atoms with van der Waals surface area (Å²) in [4.78, 5) is 8.85. The Balaban J connectivity index is 1.44. The van der Waals surface area contributed by atoms with Gasteiger partial charge in [-0.3, -0.25) is 4.99 Å². The maximum atomic E-state index is 4.52. The van der Waals surface area contributed by atoms with Gasteiger partial charge in [-0.05, 0) is 31.4 Å². The third-order valence-corrected chi connectivity index (χ3v) is 4.85. The molecule has 29 heavy (non-hydrogen) atoms. The van der Waals surface area contributed by atoms with Gasteiger partial charge in [-0.25, -0.2) is 4.98 Å². The number of imidazole rings is 1. The second kappa shape index (κ2) is 10.5. The van der Waals surface area contributed by atoms with Crippen LogP contribution < -0.4 is 10.6 Å². The van der Waals surface area contributed by atoms with Crippen LogP contribution in [0, 0.1) is 13.8 Å². The van der Waals surface area contributed by atoms with E-state index in [9.17, 15) is 0 Å². The van der Waals surface area contributed by atoms with Gasteiger partial charge in [0.15, 0.2) is 5.96 Å². The summed E-state index contributed by atoms with van der Waals surface area (Å²) in [5.74, 6) is 1.91. The number of benzene rings is 2. The number of aromatic nitrogens is 2. The molecule has 0 amide bonds. The van der Waals surface area contributed by atoms with Gasteiger partial charge >= 0.3 is 0 Å². The third-order valence-electron chi connectivity index (χ3n) is 4.85.